The van der Waals surface area contributed by atoms with Gasteiger partial charge in [0, 0.05) is 11.6 Å². The predicted octanol–water partition coefficient (Wildman–Crippen LogP) is 4.68. The van der Waals surface area contributed by atoms with Crippen LogP contribution in [-0.4, -0.2) is 34.0 Å². The molecule has 0 aromatic heterocycles. The van der Waals surface area contributed by atoms with Gasteiger partial charge in [-0.2, -0.15) is 0 Å². The summed E-state index contributed by atoms with van der Waals surface area (Å²) >= 11 is 6.17. The van der Waals surface area contributed by atoms with Crippen LogP contribution >= 0.6 is 11.6 Å². The molecule has 8 heteroatoms. The van der Waals surface area contributed by atoms with Gasteiger partial charge in [-0.3, -0.25) is 9.10 Å². The number of nitrogens with one attached hydrogen (secondary N) is 1. The van der Waals surface area contributed by atoms with Crippen molar-refractivity contribution in [3.63, 3.8) is 0 Å². The van der Waals surface area contributed by atoms with Gasteiger partial charge >= 0.3 is 0 Å². The topological polar surface area (TPSA) is 75.7 Å². The van der Waals surface area contributed by atoms with E-state index in [1.54, 1.807) is 42.5 Å². The Morgan fingerprint density at radius 1 is 0.970 bits per heavy atom. The first kappa shape index (κ1) is 24.6. The van der Waals surface area contributed by atoms with Gasteiger partial charge in [-0.1, -0.05) is 48.0 Å². The van der Waals surface area contributed by atoms with Crippen molar-refractivity contribution in [2.45, 2.75) is 24.7 Å². The van der Waals surface area contributed by atoms with Crippen molar-refractivity contribution in [2.75, 3.05) is 24.0 Å². The number of ether oxygens (including phenoxy) is 1. The Hall–Kier alpha value is -3.03. The maximum atomic E-state index is 13.4. The monoisotopic (exact) mass is 486 g/mol. The number of para-hydroxylation sites is 1. The molecule has 0 fully saturated rings. The zero-order chi connectivity index (χ0) is 23.7. The van der Waals surface area contributed by atoms with Crippen LogP contribution in [0.3, 0.4) is 0 Å². The number of benzene rings is 3. The van der Waals surface area contributed by atoms with Gasteiger partial charge < -0.3 is 10.1 Å². The normalized spacial score (nSPS) is 11.1. The number of amides is 1. The molecule has 3 rings (SSSR count). The molecule has 0 saturated heterocycles. The maximum absolute atomic E-state index is 13.4. The lowest BCUT2D eigenvalue weighted by atomic mass is 10.1. The van der Waals surface area contributed by atoms with E-state index in [2.05, 4.69) is 5.32 Å². The van der Waals surface area contributed by atoms with Gasteiger partial charge in [0.2, 0.25) is 5.91 Å². The van der Waals surface area contributed by atoms with Crippen LogP contribution in [-0.2, 0) is 21.2 Å². The lowest BCUT2D eigenvalue weighted by molar-refractivity contribution is -0.119. The molecule has 174 valence electrons. The molecule has 0 saturated carbocycles. The Kier molecular flexibility index (Phi) is 8.74. The molecule has 0 unspecified atom stereocenters. The highest BCUT2D eigenvalue weighted by molar-refractivity contribution is 7.92. The molecular formula is C25H27ClN2O4S. The van der Waals surface area contributed by atoms with Crippen LogP contribution < -0.4 is 14.4 Å². The smallest absolute Gasteiger partial charge is 0.264 e. The molecule has 0 spiro atoms. The molecule has 3 aromatic carbocycles. The first-order valence-electron chi connectivity index (χ1n) is 10.7. The van der Waals surface area contributed by atoms with Crippen LogP contribution in [0.1, 0.15) is 18.9 Å². The first-order valence-corrected chi connectivity index (χ1v) is 12.5. The number of hydrogen-bond donors (Lipinski definition) is 1. The quantitative estimate of drug-likeness (QED) is 0.399. The van der Waals surface area contributed by atoms with Gasteiger partial charge in [0.25, 0.3) is 10.0 Å². The van der Waals surface area contributed by atoms with Crippen LogP contribution in [0.4, 0.5) is 5.69 Å². The number of nitrogens with zero attached hydrogens (tertiary/aromatic N) is 1. The van der Waals surface area contributed by atoms with Crippen LogP contribution in [0, 0.1) is 0 Å². The van der Waals surface area contributed by atoms with Crippen LogP contribution in [0.25, 0.3) is 0 Å². The maximum Gasteiger partial charge on any atom is 0.264 e. The number of hydrogen-bond acceptors (Lipinski definition) is 4. The third-order valence-corrected chi connectivity index (χ3v) is 7.11. The average molecular weight is 487 g/mol. The lowest BCUT2D eigenvalue weighted by Crippen LogP contribution is -2.41. The number of anilines is 1. The minimum Gasteiger partial charge on any atom is -0.494 e. The third-order valence-electron chi connectivity index (χ3n) is 4.96. The Morgan fingerprint density at radius 3 is 2.30 bits per heavy atom. The van der Waals surface area contributed by atoms with Crippen molar-refractivity contribution in [2.24, 2.45) is 0 Å². The number of carbonyl (C=O) groups excluding carboxylic acids is 1. The van der Waals surface area contributed by atoms with Gasteiger partial charge in [-0.15, -0.1) is 0 Å². The number of halogens is 1. The van der Waals surface area contributed by atoms with Crippen LogP contribution in [0.5, 0.6) is 5.75 Å². The number of sulfonamides is 1. The van der Waals surface area contributed by atoms with Gasteiger partial charge in [0.1, 0.15) is 12.3 Å². The molecule has 0 radical (unpaired) electrons. The van der Waals surface area contributed by atoms with Crippen molar-refractivity contribution in [3.05, 3.63) is 89.4 Å². The number of aryl methyl sites for hydroxylation is 1. The van der Waals surface area contributed by atoms with E-state index in [1.807, 2.05) is 31.2 Å². The summed E-state index contributed by atoms with van der Waals surface area (Å²) in [6.07, 6.45) is 1.40. The van der Waals surface area contributed by atoms with E-state index >= 15 is 0 Å². The molecule has 1 amide bonds. The van der Waals surface area contributed by atoms with Crippen LogP contribution in [0.15, 0.2) is 83.8 Å². The second-order valence-corrected chi connectivity index (χ2v) is 9.57. The second-order valence-electron chi connectivity index (χ2n) is 7.30. The minimum atomic E-state index is -3.96. The minimum absolute atomic E-state index is 0.0846. The molecule has 0 atom stereocenters. The summed E-state index contributed by atoms with van der Waals surface area (Å²) in [5.74, 6) is 0.200. The molecule has 0 bridgehead atoms. The third kappa shape index (κ3) is 6.73. The summed E-state index contributed by atoms with van der Waals surface area (Å²) in [5.41, 5.74) is 1.43. The lowest BCUT2D eigenvalue weighted by Gasteiger charge is -2.24. The molecular weight excluding hydrogens is 460 g/mol. The Balaban J connectivity index is 1.69. The summed E-state index contributed by atoms with van der Waals surface area (Å²) in [7, 11) is -3.96. The predicted molar refractivity (Wildman–Crippen MR) is 131 cm³/mol. The average Bonchev–Trinajstić information content (AvgIpc) is 2.82. The Morgan fingerprint density at radius 2 is 1.64 bits per heavy atom. The summed E-state index contributed by atoms with van der Waals surface area (Å²) in [6, 6.07) is 22.3. The standard InChI is InChI=1S/C25H27ClN2O4S/c1-2-32-22-14-16-23(17-15-22)33(30,31)28(21-11-4-3-5-12-21)19-25(29)27-18-8-10-20-9-6-7-13-24(20)26/h3-7,9,11-17H,2,8,10,18-19H2,1H3,(H,27,29). The van der Waals surface area contributed by atoms with E-state index in [1.165, 1.54) is 12.1 Å². The summed E-state index contributed by atoms with van der Waals surface area (Å²) < 4.78 is 33.3. The zero-order valence-corrected chi connectivity index (χ0v) is 20.0. The van der Waals surface area contributed by atoms with Crippen molar-refractivity contribution in [1.82, 2.24) is 5.32 Å². The first-order chi connectivity index (χ1) is 15.9. The summed E-state index contributed by atoms with van der Waals surface area (Å²) in [6.45, 7) is 2.43. The molecule has 1 N–H and O–H groups in total. The Labute approximate surface area is 200 Å². The fourth-order valence-corrected chi connectivity index (χ4v) is 4.96. The fraction of sp³-hybridized carbons (Fsp3) is 0.240. The van der Waals surface area contributed by atoms with E-state index in [0.29, 0.717) is 42.5 Å². The van der Waals surface area contributed by atoms with Crippen molar-refractivity contribution < 1.29 is 17.9 Å². The summed E-state index contributed by atoms with van der Waals surface area (Å²) in [5, 5.41) is 3.51. The summed E-state index contributed by atoms with van der Waals surface area (Å²) in [4.78, 5) is 12.7. The van der Waals surface area contributed by atoms with E-state index in [4.69, 9.17) is 16.3 Å². The van der Waals surface area contributed by atoms with Gasteiger partial charge in [0.15, 0.2) is 0 Å². The highest BCUT2D eigenvalue weighted by atomic mass is 35.5. The fourth-order valence-electron chi connectivity index (χ4n) is 3.31. The highest BCUT2D eigenvalue weighted by Crippen LogP contribution is 2.25. The van der Waals surface area contributed by atoms with Crippen molar-refractivity contribution >= 4 is 33.2 Å². The molecule has 0 heterocycles. The second kappa shape index (κ2) is 11.7. The van der Waals surface area contributed by atoms with Gasteiger partial charge in [-0.05, 0) is 67.8 Å². The van der Waals surface area contributed by atoms with E-state index in [9.17, 15) is 13.2 Å². The van der Waals surface area contributed by atoms with E-state index < -0.39 is 10.0 Å². The SMILES string of the molecule is CCOc1ccc(S(=O)(=O)N(CC(=O)NCCCc2ccccc2Cl)c2ccccc2)cc1. The molecule has 6 nitrogen and oxygen atoms in total. The molecule has 33 heavy (non-hydrogen) atoms. The Bertz CT molecular complexity index is 1150. The van der Waals surface area contributed by atoms with Gasteiger partial charge in [-0.25, -0.2) is 8.42 Å². The zero-order valence-electron chi connectivity index (χ0n) is 18.4. The van der Waals surface area contributed by atoms with E-state index in [0.717, 1.165) is 9.87 Å². The van der Waals surface area contributed by atoms with Crippen molar-refractivity contribution in [3.8, 4) is 5.75 Å². The number of carbonyl (C=O) groups is 1. The molecule has 3 aromatic rings. The van der Waals surface area contributed by atoms with E-state index in [-0.39, 0.29) is 17.3 Å². The number of rotatable bonds is 11. The largest absolute Gasteiger partial charge is 0.494 e. The van der Waals surface area contributed by atoms with Crippen LogP contribution in [0.2, 0.25) is 5.02 Å². The van der Waals surface area contributed by atoms with Gasteiger partial charge in [0.05, 0.1) is 17.2 Å². The molecule has 0 aliphatic carbocycles. The molecule has 0 aliphatic heterocycles. The highest BCUT2D eigenvalue weighted by Gasteiger charge is 2.27. The van der Waals surface area contributed by atoms with Crippen molar-refractivity contribution in [1.29, 1.82) is 0 Å². The molecule has 0 aliphatic rings.